The fraction of sp³-hybridized carbons (Fsp3) is 0.273. The molecule has 0 bridgehead atoms. The van der Waals surface area contributed by atoms with Gasteiger partial charge in [0.1, 0.15) is 11.0 Å². The van der Waals surface area contributed by atoms with E-state index in [1.807, 2.05) is 0 Å². The summed E-state index contributed by atoms with van der Waals surface area (Å²) in [6.45, 7) is 2.27. The van der Waals surface area contributed by atoms with Crippen LogP contribution >= 0.6 is 0 Å². The SMILES string of the molecule is c1ccc(Nc2cc3c(nc4ccc(N5CCCCC5)cc4[n+]3-c3ccccc3)c3c2CCCC3)cc1. The molecule has 7 rings (SSSR count). The molecule has 0 unspecified atom stereocenters. The highest BCUT2D eigenvalue weighted by Crippen LogP contribution is 2.36. The maximum atomic E-state index is 5.34. The van der Waals surface area contributed by atoms with Gasteiger partial charge < -0.3 is 10.2 Å². The highest BCUT2D eigenvalue weighted by Gasteiger charge is 2.27. The molecule has 1 N–H and O–H groups in total. The fourth-order valence-electron chi connectivity index (χ4n) is 6.23. The molecule has 0 radical (unpaired) electrons. The van der Waals surface area contributed by atoms with Crippen molar-refractivity contribution in [3.05, 3.63) is 96.1 Å². The van der Waals surface area contributed by atoms with E-state index in [2.05, 4.69) is 99.7 Å². The van der Waals surface area contributed by atoms with Gasteiger partial charge in [0.05, 0.1) is 0 Å². The lowest BCUT2D eigenvalue weighted by Gasteiger charge is -2.28. The van der Waals surface area contributed by atoms with Gasteiger partial charge in [-0.15, -0.1) is 4.57 Å². The van der Waals surface area contributed by atoms with Crippen LogP contribution in [-0.2, 0) is 12.8 Å². The zero-order chi connectivity index (χ0) is 24.6. The Morgan fingerprint density at radius 1 is 0.676 bits per heavy atom. The summed E-state index contributed by atoms with van der Waals surface area (Å²) >= 11 is 0. The summed E-state index contributed by atoms with van der Waals surface area (Å²) in [4.78, 5) is 7.88. The second kappa shape index (κ2) is 9.51. The molecule has 1 fully saturated rings. The molecule has 2 aliphatic rings. The standard InChI is InChI=1S/C33H32N4/c1-4-12-24(13-5-1)34-30-23-32-33(28-17-9-8-16-27(28)30)35-29-19-18-26(36-20-10-3-11-21-36)22-31(29)37(32)25-14-6-2-7-15-25/h1-2,4-7,12-15,18-19,22-23H,3,8-11,16-17,20-21H2/p+1. The molecule has 1 aromatic heterocycles. The van der Waals surface area contributed by atoms with E-state index in [4.69, 9.17) is 4.98 Å². The number of rotatable bonds is 4. The average molecular weight is 486 g/mol. The molecular weight excluding hydrogens is 452 g/mol. The van der Waals surface area contributed by atoms with E-state index in [0.29, 0.717) is 0 Å². The van der Waals surface area contributed by atoms with E-state index in [9.17, 15) is 0 Å². The van der Waals surface area contributed by atoms with Gasteiger partial charge in [-0.25, -0.2) is 4.98 Å². The Labute approximate surface area is 218 Å². The van der Waals surface area contributed by atoms with Crippen LogP contribution in [0.3, 0.4) is 0 Å². The van der Waals surface area contributed by atoms with Crippen molar-refractivity contribution in [3.63, 3.8) is 0 Å². The number of para-hydroxylation sites is 2. The van der Waals surface area contributed by atoms with Crippen molar-refractivity contribution in [1.82, 2.24) is 4.98 Å². The van der Waals surface area contributed by atoms with Crippen molar-refractivity contribution in [3.8, 4) is 5.69 Å². The van der Waals surface area contributed by atoms with Crippen molar-refractivity contribution in [2.75, 3.05) is 23.3 Å². The number of hydrogen-bond acceptors (Lipinski definition) is 3. The van der Waals surface area contributed by atoms with Crippen LogP contribution in [-0.4, -0.2) is 18.1 Å². The number of nitrogens with one attached hydrogen (secondary N) is 1. The van der Waals surface area contributed by atoms with Gasteiger partial charge in [-0.3, -0.25) is 0 Å². The molecule has 4 aromatic carbocycles. The third kappa shape index (κ3) is 4.11. The first-order valence-electron chi connectivity index (χ1n) is 13.8. The lowest BCUT2D eigenvalue weighted by atomic mass is 9.88. The van der Waals surface area contributed by atoms with Crippen LogP contribution in [0.4, 0.5) is 17.1 Å². The second-order valence-electron chi connectivity index (χ2n) is 10.5. The molecule has 1 saturated heterocycles. The molecule has 4 heteroatoms. The Morgan fingerprint density at radius 2 is 1.41 bits per heavy atom. The van der Waals surface area contributed by atoms with Crippen LogP contribution in [0.5, 0.6) is 0 Å². The van der Waals surface area contributed by atoms with E-state index in [1.165, 1.54) is 71.3 Å². The molecule has 1 aliphatic carbocycles. The number of hydrogen-bond donors (Lipinski definition) is 1. The van der Waals surface area contributed by atoms with E-state index in [-0.39, 0.29) is 0 Å². The summed E-state index contributed by atoms with van der Waals surface area (Å²) in [5.74, 6) is 0. The first-order chi connectivity index (χ1) is 18.3. The van der Waals surface area contributed by atoms with Crippen molar-refractivity contribution < 1.29 is 4.57 Å². The Hall–Kier alpha value is -3.92. The Morgan fingerprint density at radius 3 is 2.19 bits per heavy atom. The topological polar surface area (TPSA) is 32.0 Å². The fourth-order valence-corrected chi connectivity index (χ4v) is 6.23. The minimum absolute atomic E-state index is 1.06. The summed E-state index contributed by atoms with van der Waals surface area (Å²) in [5.41, 5.74) is 12.2. The minimum Gasteiger partial charge on any atom is -0.371 e. The number of nitrogens with zero attached hydrogens (tertiary/aromatic N) is 3. The van der Waals surface area contributed by atoms with Gasteiger partial charge >= 0.3 is 0 Å². The molecule has 2 heterocycles. The summed E-state index contributed by atoms with van der Waals surface area (Å²) < 4.78 is 2.44. The largest absolute Gasteiger partial charge is 0.371 e. The quantitative estimate of drug-likeness (QED) is 0.214. The Balaban J connectivity index is 1.51. The number of benzene rings is 4. The monoisotopic (exact) mass is 485 g/mol. The number of aryl methyl sites for hydroxylation is 1. The highest BCUT2D eigenvalue weighted by atomic mass is 15.1. The van der Waals surface area contributed by atoms with Gasteiger partial charge in [0.25, 0.3) is 0 Å². The molecule has 4 nitrogen and oxygen atoms in total. The number of fused-ring (bicyclic) bond motifs is 4. The Bertz CT molecular complexity index is 1570. The van der Waals surface area contributed by atoms with E-state index < -0.39 is 0 Å². The zero-order valence-electron chi connectivity index (χ0n) is 21.3. The van der Waals surface area contributed by atoms with Crippen LogP contribution in [0.15, 0.2) is 84.9 Å². The number of aromatic nitrogens is 2. The van der Waals surface area contributed by atoms with Crippen molar-refractivity contribution in [1.29, 1.82) is 0 Å². The summed E-state index contributed by atoms with van der Waals surface area (Å²) in [6.07, 6.45) is 8.50. The van der Waals surface area contributed by atoms with Gasteiger partial charge in [-0.2, -0.15) is 0 Å². The third-order valence-electron chi connectivity index (χ3n) is 8.06. The molecule has 0 amide bonds. The average Bonchev–Trinajstić information content (AvgIpc) is 2.97. The van der Waals surface area contributed by atoms with Gasteiger partial charge in [0, 0.05) is 54.4 Å². The van der Waals surface area contributed by atoms with Crippen LogP contribution in [0.1, 0.15) is 43.2 Å². The van der Waals surface area contributed by atoms with Crippen LogP contribution < -0.4 is 14.8 Å². The van der Waals surface area contributed by atoms with Crippen molar-refractivity contribution >= 4 is 39.1 Å². The molecule has 0 saturated carbocycles. The molecule has 37 heavy (non-hydrogen) atoms. The van der Waals surface area contributed by atoms with Crippen LogP contribution in [0.25, 0.3) is 27.8 Å². The van der Waals surface area contributed by atoms with Crippen molar-refractivity contribution in [2.45, 2.75) is 44.9 Å². The third-order valence-corrected chi connectivity index (χ3v) is 8.06. The molecule has 1 aliphatic heterocycles. The van der Waals surface area contributed by atoms with Gasteiger partial charge in [0.2, 0.25) is 16.7 Å². The summed E-state index contributed by atoms with van der Waals surface area (Å²) in [6, 6.07) is 30.6. The highest BCUT2D eigenvalue weighted by molar-refractivity contribution is 5.90. The molecular formula is C33H33N4+. The predicted octanol–water partition coefficient (Wildman–Crippen LogP) is 7.28. The lowest BCUT2D eigenvalue weighted by molar-refractivity contribution is -0.538. The maximum absolute atomic E-state index is 5.34. The van der Waals surface area contributed by atoms with Crippen LogP contribution in [0.2, 0.25) is 0 Å². The van der Waals surface area contributed by atoms with Crippen LogP contribution in [0, 0.1) is 0 Å². The number of anilines is 3. The minimum atomic E-state index is 1.06. The maximum Gasteiger partial charge on any atom is 0.239 e. The van der Waals surface area contributed by atoms with Crippen molar-refractivity contribution in [2.24, 2.45) is 0 Å². The first-order valence-corrected chi connectivity index (χ1v) is 13.8. The van der Waals surface area contributed by atoms with Gasteiger partial charge in [-0.05, 0) is 80.3 Å². The molecule has 0 atom stereocenters. The molecule has 184 valence electrons. The first kappa shape index (κ1) is 22.3. The number of piperidine rings is 1. The Kier molecular flexibility index (Phi) is 5.73. The lowest BCUT2D eigenvalue weighted by Crippen LogP contribution is -2.35. The van der Waals surface area contributed by atoms with E-state index >= 15 is 0 Å². The summed E-state index contributed by atoms with van der Waals surface area (Å²) in [7, 11) is 0. The summed E-state index contributed by atoms with van der Waals surface area (Å²) in [5, 5.41) is 3.76. The van der Waals surface area contributed by atoms with E-state index in [1.54, 1.807) is 0 Å². The van der Waals surface area contributed by atoms with Gasteiger partial charge in [0.15, 0.2) is 0 Å². The zero-order valence-corrected chi connectivity index (χ0v) is 21.3. The van der Waals surface area contributed by atoms with E-state index in [0.717, 1.165) is 42.7 Å². The predicted molar refractivity (Wildman–Crippen MR) is 153 cm³/mol. The smallest absolute Gasteiger partial charge is 0.239 e. The van der Waals surface area contributed by atoms with Gasteiger partial charge in [-0.1, -0.05) is 36.4 Å². The normalized spacial score (nSPS) is 15.6. The molecule has 5 aromatic rings. The molecule has 0 spiro atoms. The second-order valence-corrected chi connectivity index (χ2v) is 10.5.